The van der Waals surface area contributed by atoms with Gasteiger partial charge in [0.2, 0.25) is 0 Å². The average molecular weight is 559 g/mol. The predicted molar refractivity (Wildman–Crippen MR) is 164 cm³/mol. The summed E-state index contributed by atoms with van der Waals surface area (Å²) in [5, 5.41) is 11.3. The lowest BCUT2D eigenvalue weighted by atomic mass is 9.66. The number of aliphatic hydroxyl groups is 1. The summed E-state index contributed by atoms with van der Waals surface area (Å²) in [5.74, 6) is 0.0637. The van der Waals surface area contributed by atoms with Gasteiger partial charge < -0.3 is 9.53 Å². The van der Waals surface area contributed by atoms with Crippen LogP contribution >= 0.6 is 0 Å². The van der Waals surface area contributed by atoms with E-state index < -0.39 is 29.7 Å². The summed E-state index contributed by atoms with van der Waals surface area (Å²) < 4.78 is 32.8. The van der Waals surface area contributed by atoms with Crippen LogP contribution in [0.3, 0.4) is 0 Å². The molecule has 0 aromatic heterocycles. The number of benzene rings is 1. The van der Waals surface area contributed by atoms with Gasteiger partial charge in [0.1, 0.15) is 0 Å². The van der Waals surface area contributed by atoms with Crippen molar-refractivity contribution in [2.75, 3.05) is 12.4 Å². The van der Waals surface area contributed by atoms with Gasteiger partial charge in [0, 0.05) is 5.41 Å². The van der Waals surface area contributed by atoms with Gasteiger partial charge in [-0.3, -0.25) is 0 Å². The van der Waals surface area contributed by atoms with E-state index in [1.807, 2.05) is 32.1 Å². The molecule has 1 N–H and O–H groups in total. The van der Waals surface area contributed by atoms with Crippen LogP contribution in [-0.2, 0) is 14.3 Å². The molecular weight excluding hydrogens is 509 g/mol. The van der Waals surface area contributed by atoms with E-state index >= 15 is 0 Å². The molecule has 1 aliphatic rings. The first kappa shape index (κ1) is 32.5. The van der Waals surface area contributed by atoms with Gasteiger partial charge in [-0.25, -0.2) is 8.42 Å². The highest BCUT2D eigenvalue weighted by Gasteiger charge is 2.43. The zero-order chi connectivity index (χ0) is 28.9. The molecule has 0 radical (unpaired) electrons. The summed E-state index contributed by atoms with van der Waals surface area (Å²) in [6.07, 6.45) is 7.75. The van der Waals surface area contributed by atoms with Crippen LogP contribution in [0, 0.1) is 11.3 Å². The van der Waals surface area contributed by atoms with Gasteiger partial charge in [0.25, 0.3) is 0 Å². The minimum atomic E-state index is -3.50. The van der Waals surface area contributed by atoms with Gasteiger partial charge in [-0.05, 0) is 80.4 Å². The lowest BCUT2D eigenvalue weighted by molar-refractivity contribution is 0.230. The Morgan fingerprint density at radius 3 is 2.39 bits per heavy atom. The zero-order valence-electron chi connectivity index (χ0n) is 25.1. The fraction of sp³-hybridized carbons (Fsp3) is 0.562. The molecule has 38 heavy (non-hydrogen) atoms. The molecule has 1 aliphatic carbocycles. The minimum absolute atomic E-state index is 0.0300. The minimum Gasteiger partial charge on any atom is -0.413 e. The summed E-state index contributed by atoms with van der Waals surface area (Å²) >= 11 is 0. The molecule has 0 spiro atoms. The highest BCUT2D eigenvalue weighted by molar-refractivity contribution is 7.91. The Kier molecular flexibility index (Phi) is 10.8. The fourth-order valence-corrected chi connectivity index (χ4v) is 7.52. The third-order valence-electron chi connectivity index (χ3n) is 8.67. The van der Waals surface area contributed by atoms with Gasteiger partial charge in [-0.15, -0.1) is 0 Å². The molecule has 0 fully saturated rings. The van der Waals surface area contributed by atoms with Crippen LogP contribution in [0.4, 0.5) is 0 Å². The Balaban J connectivity index is 2.05. The van der Waals surface area contributed by atoms with Crippen molar-refractivity contribution in [1.29, 1.82) is 0 Å². The van der Waals surface area contributed by atoms with Crippen molar-refractivity contribution < 1.29 is 18.0 Å². The van der Waals surface area contributed by atoms with Gasteiger partial charge >= 0.3 is 0 Å². The monoisotopic (exact) mass is 558 g/mol. The molecule has 0 saturated carbocycles. The normalized spacial score (nSPS) is 22.8. The molecule has 0 saturated heterocycles. The van der Waals surface area contributed by atoms with Crippen molar-refractivity contribution in [3.63, 3.8) is 0 Å². The Hall–Kier alpha value is -1.73. The first-order chi connectivity index (χ1) is 17.4. The molecule has 4 nitrogen and oxygen atoms in total. The second-order valence-corrected chi connectivity index (χ2v) is 19.7. The molecule has 1 unspecified atom stereocenters. The van der Waals surface area contributed by atoms with Crippen molar-refractivity contribution in [2.24, 2.45) is 11.3 Å². The van der Waals surface area contributed by atoms with E-state index in [0.29, 0.717) is 23.5 Å². The highest BCUT2D eigenvalue weighted by Crippen LogP contribution is 2.47. The molecule has 0 aliphatic heterocycles. The van der Waals surface area contributed by atoms with Crippen LogP contribution in [0.15, 0.2) is 82.3 Å². The third-order valence-corrected chi connectivity index (χ3v) is 15.1. The van der Waals surface area contributed by atoms with E-state index in [4.69, 9.17) is 4.43 Å². The van der Waals surface area contributed by atoms with Crippen molar-refractivity contribution in [3.8, 4) is 0 Å². The Bertz CT molecular complexity index is 1170. The van der Waals surface area contributed by atoms with Crippen LogP contribution < -0.4 is 0 Å². The van der Waals surface area contributed by atoms with Gasteiger partial charge in [0.05, 0.1) is 23.4 Å². The van der Waals surface area contributed by atoms with Crippen molar-refractivity contribution in [1.82, 2.24) is 0 Å². The predicted octanol–water partition coefficient (Wildman–Crippen LogP) is 8.04. The molecule has 0 bridgehead atoms. The first-order valence-electron chi connectivity index (χ1n) is 13.7. The second-order valence-electron chi connectivity index (χ2n) is 12.9. The molecule has 0 amide bonds. The van der Waals surface area contributed by atoms with E-state index in [1.165, 1.54) is 5.57 Å². The van der Waals surface area contributed by atoms with Gasteiger partial charge in [-0.1, -0.05) is 88.8 Å². The second kappa shape index (κ2) is 12.6. The summed E-state index contributed by atoms with van der Waals surface area (Å²) in [6, 6.07) is 8.59. The molecule has 3 atom stereocenters. The maximum atomic E-state index is 13.2. The van der Waals surface area contributed by atoms with Crippen LogP contribution in [0.2, 0.25) is 18.1 Å². The number of allylic oxidation sites excluding steroid dienone is 3. The lowest BCUT2D eigenvalue weighted by Gasteiger charge is -2.42. The molecule has 1 aromatic carbocycles. The molecule has 0 heterocycles. The summed E-state index contributed by atoms with van der Waals surface area (Å²) in [6.45, 7) is 24.4. The topological polar surface area (TPSA) is 63.6 Å². The summed E-state index contributed by atoms with van der Waals surface area (Å²) in [5.41, 5.74) is 3.12. The number of hydrogen-bond donors (Lipinski definition) is 1. The van der Waals surface area contributed by atoms with Crippen molar-refractivity contribution in [2.45, 2.75) is 96.9 Å². The van der Waals surface area contributed by atoms with E-state index in [2.05, 4.69) is 60.4 Å². The SMILES string of the molecule is C=C1C(C(O)/C=C(\C)CC/C=C(\C)CO[Si](C)(C)C(C)(C)C)=CC[C@@H](C)[C@]1(C)CS(=O)(=O)c1ccccc1. The lowest BCUT2D eigenvalue weighted by Crippen LogP contribution is -2.41. The van der Waals surface area contributed by atoms with E-state index in [9.17, 15) is 13.5 Å². The maximum Gasteiger partial charge on any atom is 0.192 e. The summed E-state index contributed by atoms with van der Waals surface area (Å²) in [4.78, 5) is 0.326. The fourth-order valence-electron chi connectivity index (χ4n) is 4.51. The molecule has 1 aromatic rings. The van der Waals surface area contributed by atoms with E-state index in [0.717, 1.165) is 24.0 Å². The van der Waals surface area contributed by atoms with Crippen molar-refractivity contribution >= 4 is 18.2 Å². The van der Waals surface area contributed by atoms with Crippen molar-refractivity contribution in [3.05, 3.63) is 77.4 Å². The van der Waals surface area contributed by atoms with E-state index in [-0.39, 0.29) is 16.7 Å². The van der Waals surface area contributed by atoms with Gasteiger partial charge in [0.15, 0.2) is 18.2 Å². The van der Waals surface area contributed by atoms with Crippen LogP contribution in [0.1, 0.15) is 67.7 Å². The maximum absolute atomic E-state index is 13.2. The Morgan fingerprint density at radius 1 is 1.21 bits per heavy atom. The molecule has 212 valence electrons. The number of hydrogen-bond acceptors (Lipinski definition) is 4. The molecule has 6 heteroatoms. The summed E-state index contributed by atoms with van der Waals surface area (Å²) in [7, 11) is -5.26. The van der Waals surface area contributed by atoms with Gasteiger partial charge in [-0.2, -0.15) is 0 Å². The number of rotatable bonds is 11. The largest absolute Gasteiger partial charge is 0.413 e. The zero-order valence-corrected chi connectivity index (χ0v) is 26.9. The smallest absolute Gasteiger partial charge is 0.192 e. The van der Waals surface area contributed by atoms with Crippen LogP contribution in [0.25, 0.3) is 0 Å². The van der Waals surface area contributed by atoms with E-state index in [1.54, 1.807) is 24.3 Å². The third kappa shape index (κ3) is 8.14. The van der Waals surface area contributed by atoms with Crippen LogP contribution in [0.5, 0.6) is 0 Å². The highest BCUT2D eigenvalue weighted by atomic mass is 32.2. The quantitative estimate of drug-likeness (QED) is 0.220. The first-order valence-corrected chi connectivity index (χ1v) is 18.3. The van der Waals surface area contributed by atoms with Crippen LogP contribution in [-0.4, -0.2) is 40.3 Å². The standard InChI is InChI=1S/C32H50O4SSi/c1-24(15-14-16-25(2)22-36-38(9,10)31(5,6)7)21-30(33)29-20-19-26(3)32(8,27(29)4)23-37(34,35)28-17-12-11-13-18-28/h11-13,16-18,20-21,26,30,33H,4,14-15,19,22-23H2,1-3,5-10H3/b24-21+,25-16+/t26-,30?,32+/m1/s1. The average Bonchev–Trinajstić information content (AvgIpc) is 2.81. The Morgan fingerprint density at radius 2 is 1.82 bits per heavy atom. The molecular formula is C32H50O4SSi. The molecule has 2 rings (SSSR count). The number of sulfone groups is 1. The number of aliphatic hydroxyl groups excluding tert-OH is 1. The Labute approximate surface area is 233 Å².